The molecular formula is C22H36N4O2. The summed E-state index contributed by atoms with van der Waals surface area (Å²) in [4.78, 5) is 22.2. The maximum Gasteiger partial charge on any atom is 0.232 e. The minimum atomic E-state index is -0.102. The van der Waals surface area contributed by atoms with Gasteiger partial charge in [-0.3, -0.25) is 9.69 Å². The predicted molar refractivity (Wildman–Crippen MR) is 108 cm³/mol. The molecule has 3 heterocycles. The van der Waals surface area contributed by atoms with Crippen LogP contribution in [0.4, 0.5) is 0 Å². The molecule has 28 heavy (non-hydrogen) atoms. The SMILES string of the molecule is CC(C)(C)c1nc(CN2CCC(C3CCCCCN3C(=O)C3CC3)CC2)no1. The Balaban J connectivity index is 1.33. The van der Waals surface area contributed by atoms with Gasteiger partial charge in [0, 0.05) is 23.9 Å². The van der Waals surface area contributed by atoms with Gasteiger partial charge in [0.05, 0.1) is 6.54 Å². The Hall–Kier alpha value is -1.43. The van der Waals surface area contributed by atoms with Gasteiger partial charge in [-0.2, -0.15) is 4.98 Å². The molecule has 1 aromatic rings. The summed E-state index contributed by atoms with van der Waals surface area (Å²) in [5.41, 5.74) is -0.102. The Morgan fingerprint density at radius 3 is 2.43 bits per heavy atom. The summed E-state index contributed by atoms with van der Waals surface area (Å²) in [7, 11) is 0. The molecule has 6 nitrogen and oxygen atoms in total. The maximum atomic E-state index is 12.8. The van der Waals surface area contributed by atoms with E-state index < -0.39 is 0 Å². The Morgan fingerprint density at radius 1 is 1.04 bits per heavy atom. The lowest BCUT2D eigenvalue weighted by molar-refractivity contribution is -0.136. The number of rotatable bonds is 4. The second-order valence-electron chi connectivity index (χ2n) is 10.1. The fraction of sp³-hybridized carbons (Fsp3) is 0.864. The fourth-order valence-electron chi connectivity index (χ4n) is 4.78. The van der Waals surface area contributed by atoms with E-state index in [-0.39, 0.29) is 5.41 Å². The highest BCUT2D eigenvalue weighted by molar-refractivity contribution is 5.81. The smallest absolute Gasteiger partial charge is 0.232 e. The van der Waals surface area contributed by atoms with Crippen LogP contribution in [-0.2, 0) is 16.8 Å². The van der Waals surface area contributed by atoms with Gasteiger partial charge in [0.15, 0.2) is 5.82 Å². The fourth-order valence-corrected chi connectivity index (χ4v) is 4.78. The van der Waals surface area contributed by atoms with E-state index in [1.54, 1.807) is 0 Å². The van der Waals surface area contributed by atoms with E-state index in [1.165, 1.54) is 38.5 Å². The molecule has 2 saturated heterocycles. The first-order valence-electron chi connectivity index (χ1n) is 11.3. The lowest BCUT2D eigenvalue weighted by Gasteiger charge is -2.40. The average Bonchev–Trinajstić information content (AvgIpc) is 3.44. The zero-order chi connectivity index (χ0) is 19.7. The molecule has 1 saturated carbocycles. The number of carbonyl (C=O) groups excluding carboxylic acids is 1. The van der Waals surface area contributed by atoms with Gasteiger partial charge in [-0.25, -0.2) is 0 Å². The zero-order valence-electron chi connectivity index (χ0n) is 17.8. The van der Waals surface area contributed by atoms with E-state index in [4.69, 9.17) is 4.52 Å². The molecule has 6 heteroatoms. The average molecular weight is 389 g/mol. The van der Waals surface area contributed by atoms with Gasteiger partial charge in [0.25, 0.3) is 0 Å². The third kappa shape index (κ3) is 4.58. The summed E-state index contributed by atoms with van der Waals surface area (Å²) in [5, 5.41) is 4.18. The number of carbonyl (C=O) groups is 1. The van der Waals surface area contributed by atoms with E-state index in [0.717, 1.165) is 44.8 Å². The molecule has 3 aliphatic rings. The van der Waals surface area contributed by atoms with Gasteiger partial charge in [-0.1, -0.05) is 38.8 Å². The second-order valence-corrected chi connectivity index (χ2v) is 10.1. The van der Waals surface area contributed by atoms with Crippen molar-refractivity contribution in [2.45, 2.75) is 90.1 Å². The van der Waals surface area contributed by atoms with Crippen LogP contribution in [0, 0.1) is 11.8 Å². The number of piperidine rings is 1. The van der Waals surface area contributed by atoms with Crippen LogP contribution in [0.15, 0.2) is 4.52 Å². The van der Waals surface area contributed by atoms with Gasteiger partial charge in [0.2, 0.25) is 11.8 Å². The van der Waals surface area contributed by atoms with Crippen molar-refractivity contribution in [3.8, 4) is 0 Å². The molecule has 0 aromatic carbocycles. The largest absolute Gasteiger partial charge is 0.339 e. The molecule has 0 N–H and O–H groups in total. The van der Waals surface area contributed by atoms with E-state index in [0.29, 0.717) is 29.7 Å². The molecule has 0 spiro atoms. The Kier molecular flexibility index (Phi) is 5.77. The summed E-state index contributed by atoms with van der Waals surface area (Å²) in [5.74, 6) is 2.95. The molecule has 0 radical (unpaired) electrons. The Labute approximate surface area is 169 Å². The molecule has 1 amide bonds. The van der Waals surface area contributed by atoms with Crippen LogP contribution in [0.2, 0.25) is 0 Å². The maximum absolute atomic E-state index is 12.8. The minimum absolute atomic E-state index is 0.102. The van der Waals surface area contributed by atoms with Crippen LogP contribution in [0.5, 0.6) is 0 Å². The lowest BCUT2D eigenvalue weighted by atomic mass is 9.86. The molecular weight excluding hydrogens is 352 g/mol. The number of hydrogen-bond donors (Lipinski definition) is 0. The van der Waals surface area contributed by atoms with Gasteiger partial charge < -0.3 is 9.42 Å². The topological polar surface area (TPSA) is 62.5 Å². The molecule has 1 unspecified atom stereocenters. The summed E-state index contributed by atoms with van der Waals surface area (Å²) >= 11 is 0. The number of nitrogens with zero attached hydrogens (tertiary/aromatic N) is 4. The van der Waals surface area contributed by atoms with Crippen LogP contribution >= 0.6 is 0 Å². The first-order chi connectivity index (χ1) is 13.4. The first kappa shape index (κ1) is 19.9. The summed E-state index contributed by atoms with van der Waals surface area (Å²) < 4.78 is 5.44. The molecule has 4 rings (SSSR count). The standard InChI is InChI=1S/C22H36N4O2/c1-22(2,3)21-23-19(24-28-21)15-25-13-10-16(11-14-25)18-7-5-4-6-12-26(18)20(27)17-8-9-17/h16-18H,4-15H2,1-3H3. The molecule has 3 fully saturated rings. The van der Waals surface area contributed by atoms with Crippen molar-refractivity contribution in [1.82, 2.24) is 19.9 Å². The summed E-state index contributed by atoms with van der Waals surface area (Å²) in [6, 6.07) is 0.468. The zero-order valence-corrected chi connectivity index (χ0v) is 17.8. The van der Waals surface area contributed by atoms with Gasteiger partial charge in [-0.15, -0.1) is 0 Å². The van der Waals surface area contributed by atoms with Crippen molar-refractivity contribution < 1.29 is 9.32 Å². The van der Waals surface area contributed by atoms with Crippen LogP contribution < -0.4 is 0 Å². The van der Waals surface area contributed by atoms with Crippen molar-refractivity contribution in [2.24, 2.45) is 11.8 Å². The first-order valence-corrected chi connectivity index (χ1v) is 11.3. The molecule has 1 aromatic heterocycles. The van der Waals surface area contributed by atoms with Crippen LogP contribution in [-0.4, -0.2) is 51.5 Å². The highest BCUT2D eigenvalue weighted by Gasteiger charge is 2.39. The molecule has 1 atom stereocenters. The second kappa shape index (κ2) is 8.13. The van der Waals surface area contributed by atoms with Gasteiger partial charge >= 0.3 is 0 Å². The number of hydrogen-bond acceptors (Lipinski definition) is 5. The van der Waals surface area contributed by atoms with Crippen molar-refractivity contribution in [1.29, 1.82) is 0 Å². The molecule has 1 aliphatic carbocycles. The predicted octanol–water partition coefficient (Wildman–Crippen LogP) is 3.76. The quantitative estimate of drug-likeness (QED) is 0.786. The third-order valence-corrected chi connectivity index (χ3v) is 6.66. The van der Waals surface area contributed by atoms with E-state index in [2.05, 4.69) is 40.7 Å². The van der Waals surface area contributed by atoms with E-state index >= 15 is 0 Å². The van der Waals surface area contributed by atoms with Gasteiger partial charge in [0.1, 0.15) is 0 Å². The number of amides is 1. The minimum Gasteiger partial charge on any atom is -0.339 e. The molecule has 156 valence electrons. The third-order valence-electron chi connectivity index (χ3n) is 6.66. The highest BCUT2D eigenvalue weighted by Crippen LogP contribution is 2.36. The lowest BCUT2D eigenvalue weighted by Crippen LogP contribution is -2.48. The summed E-state index contributed by atoms with van der Waals surface area (Å²) in [6.45, 7) is 10.2. The van der Waals surface area contributed by atoms with E-state index in [1.807, 2.05) is 0 Å². The van der Waals surface area contributed by atoms with Crippen LogP contribution in [0.1, 0.15) is 83.9 Å². The van der Waals surface area contributed by atoms with E-state index in [9.17, 15) is 4.79 Å². The van der Waals surface area contributed by atoms with Crippen LogP contribution in [0.3, 0.4) is 0 Å². The Bertz CT molecular complexity index is 668. The molecule has 2 aliphatic heterocycles. The number of likely N-dealkylation sites (tertiary alicyclic amines) is 2. The highest BCUT2D eigenvalue weighted by atomic mass is 16.5. The number of aromatic nitrogens is 2. The molecule has 0 bridgehead atoms. The summed E-state index contributed by atoms with van der Waals surface area (Å²) in [6.07, 6.45) is 9.50. The van der Waals surface area contributed by atoms with Crippen LogP contribution in [0.25, 0.3) is 0 Å². The monoisotopic (exact) mass is 388 g/mol. The Morgan fingerprint density at radius 2 is 1.79 bits per heavy atom. The normalized spacial score (nSPS) is 25.7. The van der Waals surface area contributed by atoms with Crippen molar-refractivity contribution in [3.05, 3.63) is 11.7 Å². The van der Waals surface area contributed by atoms with Crippen molar-refractivity contribution >= 4 is 5.91 Å². The van der Waals surface area contributed by atoms with Crippen molar-refractivity contribution in [3.63, 3.8) is 0 Å². The van der Waals surface area contributed by atoms with Crippen molar-refractivity contribution in [2.75, 3.05) is 19.6 Å². The van der Waals surface area contributed by atoms with Gasteiger partial charge in [-0.05, 0) is 57.5 Å².